The molecule has 11 nitrogen and oxygen atoms in total. The fourth-order valence-corrected chi connectivity index (χ4v) is 6.13. The van der Waals surface area contributed by atoms with Crippen molar-refractivity contribution in [2.75, 3.05) is 13.6 Å². The SMILES string of the molecule is CNC(=O)[C@H](Cc1cn(C(c2ccccc2)(c2ccccc2)c2ccccc2)cn1)NC(=O)CN(Cc1ccccc1)Cc1nn[nH]n1. The molecule has 0 fully saturated rings. The molecule has 0 aliphatic rings. The van der Waals surface area contributed by atoms with Crippen molar-refractivity contribution in [2.45, 2.75) is 31.1 Å². The summed E-state index contributed by atoms with van der Waals surface area (Å²) in [6, 6.07) is 39.9. The maximum absolute atomic E-state index is 13.5. The number of carbonyl (C=O) groups is 2. The largest absolute Gasteiger partial charge is 0.357 e. The Morgan fingerprint density at radius 2 is 1.38 bits per heavy atom. The van der Waals surface area contributed by atoms with E-state index in [0.29, 0.717) is 24.6 Å². The Morgan fingerprint density at radius 3 is 1.90 bits per heavy atom. The quantitative estimate of drug-likeness (QED) is 0.155. The van der Waals surface area contributed by atoms with Crippen molar-refractivity contribution in [3.63, 3.8) is 0 Å². The number of imidazole rings is 1. The normalized spacial score (nSPS) is 12.0. The smallest absolute Gasteiger partial charge is 0.242 e. The van der Waals surface area contributed by atoms with Crippen LogP contribution in [0.25, 0.3) is 0 Å². The van der Waals surface area contributed by atoms with Crippen LogP contribution in [0.4, 0.5) is 0 Å². The molecule has 0 saturated carbocycles. The van der Waals surface area contributed by atoms with Crippen LogP contribution < -0.4 is 10.6 Å². The minimum atomic E-state index is -0.853. The van der Waals surface area contributed by atoms with E-state index in [4.69, 9.17) is 4.98 Å². The summed E-state index contributed by atoms with van der Waals surface area (Å²) in [6.07, 6.45) is 3.96. The molecule has 48 heavy (non-hydrogen) atoms. The summed E-state index contributed by atoms with van der Waals surface area (Å²) < 4.78 is 2.09. The highest BCUT2D eigenvalue weighted by Gasteiger charge is 2.38. The average molecular weight is 640 g/mol. The van der Waals surface area contributed by atoms with Gasteiger partial charge in [0.15, 0.2) is 5.82 Å². The number of H-pyrrole nitrogens is 1. The van der Waals surface area contributed by atoms with E-state index >= 15 is 0 Å². The molecule has 1 atom stereocenters. The van der Waals surface area contributed by atoms with Crippen molar-refractivity contribution < 1.29 is 9.59 Å². The number of nitrogens with one attached hydrogen (secondary N) is 3. The van der Waals surface area contributed by atoms with Gasteiger partial charge in [-0.3, -0.25) is 14.5 Å². The Bertz CT molecular complexity index is 1780. The molecular formula is C37H37N9O2. The minimum absolute atomic E-state index is 0.0184. The highest BCUT2D eigenvalue weighted by molar-refractivity contribution is 5.88. The number of hydrogen-bond acceptors (Lipinski definition) is 7. The summed E-state index contributed by atoms with van der Waals surface area (Å²) >= 11 is 0. The standard InChI is InChI=1S/C37H37N9O2/c1-38-36(48)33(40-35(47)26-45(25-34-41-43-44-42-34)23-28-14-6-2-7-15-28)22-32-24-46(27-39-32)37(29-16-8-3-9-17-29,30-18-10-4-11-19-30)31-20-12-5-13-21-31/h2-21,24,27,33H,22-23,25-26H2,1H3,(H,38,48)(H,40,47)(H,41,42,43,44)/t33-/m0/s1. The van der Waals surface area contributed by atoms with E-state index in [9.17, 15) is 9.59 Å². The van der Waals surface area contributed by atoms with Crippen LogP contribution in [-0.4, -0.2) is 66.5 Å². The van der Waals surface area contributed by atoms with E-state index < -0.39 is 11.6 Å². The van der Waals surface area contributed by atoms with Crippen molar-refractivity contribution in [1.82, 2.24) is 45.7 Å². The Kier molecular flexibility index (Phi) is 10.1. The number of aromatic nitrogens is 6. The van der Waals surface area contributed by atoms with Gasteiger partial charge in [0.2, 0.25) is 11.8 Å². The van der Waals surface area contributed by atoms with Crippen LogP contribution in [0.5, 0.6) is 0 Å². The number of rotatable bonds is 14. The van der Waals surface area contributed by atoms with Gasteiger partial charge in [0.1, 0.15) is 11.6 Å². The summed E-state index contributed by atoms with van der Waals surface area (Å²) in [5, 5.41) is 19.9. The van der Waals surface area contributed by atoms with Crippen molar-refractivity contribution in [3.8, 4) is 0 Å². The van der Waals surface area contributed by atoms with Gasteiger partial charge < -0.3 is 15.2 Å². The van der Waals surface area contributed by atoms with Gasteiger partial charge in [-0.1, -0.05) is 127 Å². The van der Waals surface area contributed by atoms with Crippen LogP contribution in [0.1, 0.15) is 33.8 Å². The second-order valence-corrected chi connectivity index (χ2v) is 11.5. The van der Waals surface area contributed by atoms with E-state index in [1.165, 1.54) is 0 Å². The van der Waals surface area contributed by atoms with Gasteiger partial charge in [-0.05, 0) is 22.3 Å². The molecule has 0 radical (unpaired) electrons. The number of carbonyl (C=O) groups excluding carboxylic acids is 2. The summed E-state index contributed by atoms with van der Waals surface area (Å²) in [5.74, 6) is -0.161. The van der Waals surface area contributed by atoms with Crippen LogP contribution in [0.3, 0.4) is 0 Å². The third-order valence-electron chi connectivity index (χ3n) is 8.28. The highest BCUT2D eigenvalue weighted by atomic mass is 16.2. The van der Waals surface area contributed by atoms with E-state index in [-0.39, 0.29) is 24.8 Å². The fourth-order valence-electron chi connectivity index (χ4n) is 6.13. The molecule has 0 spiro atoms. The number of aromatic amines is 1. The Labute approximate surface area is 279 Å². The molecule has 6 aromatic rings. The highest BCUT2D eigenvalue weighted by Crippen LogP contribution is 2.40. The number of amides is 2. The zero-order valence-electron chi connectivity index (χ0n) is 26.6. The molecule has 0 aliphatic carbocycles. The van der Waals surface area contributed by atoms with Gasteiger partial charge in [-0.15, -0.1) is 10.2 Å². The molecule has 2 heterocycles. The zero-order valence-corrected chi connectivity index (χ0v) is 26.6. The van der Waals surface area contributed by atoms with Crippen molar-refractivity contribution >= 4 is 11.8 Å². The van der Waals surface area contributed by atoms with E-state index in [0.717, 1.165) is 22.3 Å². The van der Waals surface area contributed by atoms with E-state index in [1.54, 1.807) is 13.4 Å². The van der Waals surface area contributed by atoms with E-state index in [2.05, 4.69) is 72.2 Å². The summed E-state index contributed by atoms with van der Waals surface area (Å²) in [5.41, 5.74) is 4.12. The molecule has 0 aliphatic heterocycles. The number of hydrogen-bond donors (Lipinski definition) is 3. The molecule has 4 aromatic carbocycles. The van der Waals surface area contributed by atoms with Gasteiger partial charge in [0.25, 0.3) is 0 Å². The zero-order chi connectivity index (χ0) is 33.2. The first-order chi connectivity index (χ1) is 23.6. The van der Waals surface area contributed by atoms with Crippen LogP contribution in [0.15, 0.2) is 134 Å². The second kappa shape index (κ2) is 15.1. The lowest BCUT2D eigenvalue weighted by molar-refractivity contribution is -0.129. The van der Waals surface area contributed by atoms with E-state index in [1.807, 2.05) is 96.0 Å². The number of benzene rings is 4. The van der Waals surface area contributed by atoms with Crippen molar-refractivity contribution in [2.24, 2.45) is 0 Å². The molecule has 3 N–H and O–H groups in total. The minimum Gasteiger partial charge on any atom is -0.357 e. The maximum atomic E-state index is 13.5. The third-order valence-corrected chi connectivity index (χ3v) is 8.28. The van der Waals surface area contributed by atoms with Gasteiger partial charge >= 0.3 is 0 Å². The first-order valence-corrected chi connectivity index (χ1v) is 15.8. The van der Waals surface area contributed by atoms with Gasteiger partial charge in [-0.2, -0.15) is 5.21 Å². The monoisotopic (exact) mass is 639 g/mol. The lowest BCUT2D eigenvalue weighted by Crippen LogP contribution is -2.49. The number of tetrazole rings is 1. The Morgan fingerprint density at radius 1 is 0.812 bits per heavy atom. The summed E-state index contributed by atoms with van der Waals surface area (Å²) in [4.78, 5) is 33.3. The van der Waals surface area contributed by atoms with Gasteiger partial charge in [0.05, 0.1) is 25.1 Å². The molecule has 0 saturated heterocycles. The molecule has 6 rings (SSSR count). The number of nitrogens with zero attached hydrogens (tertiary/aromatic N) is 6. The average Bonchev–Trinajstić information content (AvgIpc) is 3.83. The first-order valence-electron chi connectivity index (χ1n) is 15.8. The predicted octanol–water partition coefficient (Wildman–Crippen LogP) is 3.71. The van der Waals surface area contributed by atoms with Crippen LogP contribution in [0, 0.1) is 0 Å². The predicted molar refractivity (Wildman–Crippen MR) is 181 cm³/mol. The van der Waals surface area contributed by atoms with Crippen LogP contribution >= 0.6 is 0 Å². The van der Waals surface area contributed by atoms with Crippen molar-refractivity contribution in [3.05, 3.63) is 168 Å². The molecule has 0 bridgehead atoms. The Balaban J connectivity index is 1.28. The van der Waals surface area contributed by atoms with Gasteiger partial charge in [-0.25, -0.2) is 4.98 Å². The van der Waals surface area contributed by atoms with Gasteiger partial charge in [0, 0.05) is 26.2 Å². The lowest BCUT2D eigenvalue weighted by Gasteiger charge is -2.37. The van der Waals surface area contributed by atoms with Crippen molar-refractivity contribution in [1.29, 1.82) is 0 Å². The molecule has 0 unspecified atom stereocenters. The fraction of sp³-hybridized carbons (Fsp3) is 0.189. The molecule has 2 amide bonds. The molecule has 2 aromatic heterocycles. The summed E-state index contributed by atoms with van der Waals surface area (Å²) in [6.45, 7) is 0.803. The Hall–Kier alpha value is -5.94. The van der Waals surface area contributed by atoms with Crippen LogP contribution in [0.2, 0.25) is 0 Å². The van der Waals surface area contributed by atoms with Crippen LogP contribution in [-0.2, 0) is 34.6 Å². The first kappa shape index (κ1) is 32.0. The summed E-state index contributed by atoms with van der Waals surface area (Å²) in [7, 11) is 1.56. The molecule has 242 valence electrons. The molecular weight excluding hydrogens is 602 g/mol. The number of likely N-dealkylation sites (N-methyl/N-ethyl adjacent to an activating group) is 1. The topological polar surface area (TPSA) is 134 Å². The second-order valence-electron chi connectivity index (χ2n) is 11.5. The molecule has 11 heteroatoms. The third kappa shape index (κ3) is 7.21. The lowest BCUT2D eigenvalue weighted by atomic mass is 9.77. The maximum Gasteiger partial charge on any atom is 0.242 e.